The summed E-state index contributed by atoms with van der Waals surface area (Å²) in [4.78, 5) is 26.7. The second kappa shape index (κ2) is 8.86. The molecule has 2 aromatic carbocycles. The zero-order valence-corrected chi connectivity index (χ0v) is 21.1. The van der Waals surface area contributed by atoms with Crippen LogP contribution < -0.4 is 4.90 Å². The van der Waals surface area contributed by atoms with Gasteiger partial charge in [-0.2, -0.15) is 0 Å². The third-order valence-corrected chi connectivity index (χ3v) is 6.95. The summed E-state index contributed by atoms with van der Waals surface area (Å²) in [5, 5.41) is 9.67. The summed E-state index contributed by atoms with van der Waals surface area (Å²) in [6.45, 7) is 11.0. The molecule has 2 aromatic rings. The molecular formula is C25H26BrNO3Si. The fourth-order valence-corrected chi connectivity index (χ4v) is 4.49. The number of rotatable bonds is 3. The zero-order valence-electron chi connectivity index (χ0n) is 18.5. The van der Waals surface area contributed by atoms with Crippen LogP contribution in [0.3, 0.4) is 0 Å². The molecule has 0 atom stereocenters. The van der Waals surface area contributed by atoms with Crippen LogP contribution in [-0.2, 0) is 16.1 Å². The maximum Gasteiger partial charge on any atom is 0.333 e. The van der Waals surface area contributed by atoms with Crippen molar-refractivity contribution >= 4 is 46.1 Å². The smallest absolute Gasteiger partial charge is 0.333 e. The van der Waals surface area contributed by atoms with E-state index in [1.54, 1.807) is 4.90 Å². The fraction of sp³-hybridized carbons (Fsp3) is 0.280. The quantitative estimate of drug-likeness (QED) is 0.441. The minimum Gasteiger partial charge on any atom is -0.478 e. The lowest BCUT2D eigenvalue weighted by atomic mass is 10.0. The second-order valence-electron chi connectivity index (χ2n) is 8.90. The molecule has 31 heavy (non-hydrogen) atoms. The molecule has 0 bridgehead atoms. The Bertz CT molecular complexity index is 1170. The Hall–Kier alpha value is -2.62. The number of carbonyl (C=O) groups excluding carboxylic acids is 1. The van der Waals surface area contributed by atoms with Crippen molar-refractivity contribution in [1.82, 2.24) is 0 Å². The summed E-state index contributed by atoms with van der Waals surface area (Å²) in [7, 11) is -1.57. The van der Waals surface area contributed by atoms with Crippen molar-refractivity contribution in [3.05, 3.63) is 69.8 Å². The van der Waals surface area contributed by atoms with Gasteiger partial charge in [0, 0.05) is 15.6 Å². The van der Waals surface area contributed by atoms with Crippen LogP contribution in [0.15, 0.2) is 42.0 Å². The second-order valence-corrected chi connectivity index (χ2v) is 14.4. The van der Waals surface area contributed by atoms with E-state index >= 15 is 0 Å². The van der Waals surface area contributed by atoms with E-state index in [0.717, 1.165) is 16.7 Å². The number of fused-ring (bicyclic) bond motifs is 1. The highest BCUT2D eigenvalue weighted by atomic mass is 79.9. The molecule has 0 aromatic heterocycles. The summed E-state index contributed by atoms with van der Waals surface area (Å²) >= 11 is 3.45. The van der Waals surface area contributed by atoms with Crippen LogP contribution in [0.1, 0.15) is 34.2 Å². The fourth-order valence-electron chi connectivity index (χ4n) is 3.33. The SMILES string of the molecule is Cc1ccc(CN2C(=O)CC(C(=O)O)=C(Br)c3ccc(C#C[Si](C)(C)C)cc32)cc1C. The van der Waals surface area contributed by atoms with E-state index in [4.69, 9.17) is 0 Å². The number of benzene rings is 2. The van der Waals surface area contributed by atoms with Gasteiger partial charge in [0.05, 0.1) is 24.2 Å². The van der Waals surface area contributed by atoms with Crippen molar-refractivity contribution in [2.75, 3.05) is 4.90 Å². The molecule has 160 valence electrons. The summed E-state index contributed by atoms with van der Waals surface area (Å²) < 4.78 is 0.440. The van der Waals surface area contributed by atoms with Crippen LogP contribution in [0.4, 0.5) is 5.69 Å². The van der Waals surface area contributed by atoms with Gasteiger partial charge in [-0.25, -0.2) is 4.79 Å². The molecule has 0 unspecified atom stereocenters. The number of aryl methyl sites for hydroxylation is 2. The Kier molecular flexibility index (Phi) is 6.58. The van der Waals surface area contributed by atoms with Gasteiger partial charge < -0.3 is 10.0 Å². The molecule has 0 saturated heterocycles. The van der Waals surface area contributed by atoms with Gasteiger partial charge in [-0.05, 0) is 58.6 Å². The van der Waals surface area contributed by atoms with Gasteiger partial charge in [0.15, 0.2) is 0 Å². The van der Waals surface area contributed by atoms with E-state index in [1.165, 1.54) is 5.56 Å². The topological polar surface area (TPSA) is 57.6 Å². The summed E-state index contributed by atoms with van der Waals surface area (Å²) in [5.41, 5.74) is 8.94. The number of carboxylic acids is 1. The number of carboxylic acid groups (broad SMARTS) is 1. The van der Waals surface area contributed by atoms with Crippen molar-refractivity contribution < 1.29 is 14.7 Å². The number of aliphatic carboxylic acids is 1. The predicted octanol–water partition coefficient (Wildman–Crippen LogP) is 5.66. The number of amides is 1. The molecule has 0 aliphatic carbocycles. The molecule has 1 amide bonds. The summed E-state index contributed by atoms with van der Waals surface area (Å²) in [6, 6.07) is 11.8. The molecule has 0 radical (unpaired) electrons. The van der Waals surface area contributed by atoms with Gasteiger partial charge in [-0.15, -0.1) is 5.54 Å². The first-order valence-corrected chi connectivity index (χ1v) is 14.4. The van der Waals surface area contributed by atoms with E-state index in [9.17, 15) is 14.7 Å². The number of anilines is 1. The normalized spacial score (nSPS) is 14.0. The Morgan fingerprint density at radius 2 is 1.84 bits per heavy atom. The average Bonchev–Trinajstić information content (AvgIpc) is 2.78. The van der Waals surface area contributed by atoms with Crippen molar-refractivity contribution in [3.8, 4) is 11.5 Å². The maximum atomic E-state index is 13.2. The molecule has 4 nitrogen and oxygen atoms in total. The molecule has 1 aliphatic heterocycles. The van der Waals surface area contributed by atoms with Gasteiger partial charge in [0.1, 0.15) is 8.07 Å². The molecular weight excluding hydrogens is 470 g/mol. The van der Waals surface area contributed by atoms with Crippen LogP contribution in [-0.4, -0.2) is 25.1 Å². The monoisotopic (exact) mass is 495 g/mol. The van der Waals surface area contributed by atoms with E-state index < -0.39 is 14.0 Å². The minimum absolute atomic E-state index is 0.0646. The van der Waals surface area contributed by atoms with Crippen LogP contribution in [0, 0.1) is 25.3 Å². The Morgan fingerprint density at radius 3 is 2.45 bits per heavy atom. The molecule has 0 saturated carbocycles. The van der Waals surface area contributed by atoms with E-state index in [-0.39, 0.29) is 17.9 Å². The number of carbonyl (C=O) groups is 2. The third kappa shape index (κ3) is 5.36. The highest BCUT2D eigenvalue weighted by molar-refractivity contribution is 9.15. The lowest BCUT2D eigenvalue weighted by Crippen LogP contribution is -2.30. The maximum absolute atomic E-state index is 13.2. The summed E-state index contributed by atoms with van der Waals surface area (Å²) in [6.07, 6.45) is -0.175. The van der Waals surface area contributed by atoms with E-state index in [2.05, 4.69) is 60.0 Å². The van der Waals surface area contributed by atoms with Gasteiger partial charge in [-0.3, -0.25) is 4.79 Å². The van der Waals surface area contributed by atoms with Crippen molar-refractivity contribution in [2.24, 2.45) is 0 Å². The lowest BCUT2D eigenvalue weighted by Gasteiger charge is -2.24. The van der Waals surface area contributed by atoms with Crippen LogP contribution in [0.25, 0.3) is 4.48 Å². The van der Waals surface area contributed by atoms with Crippen molar-refractivity contribution in [3.63, 3.8) is 0 Å². The Labute approximate surface area is 193 Å². The molecule has 6 heteroatoms. The van der Waals surface area contributed by atoms with Crippen molar-refractivity contribution in [2.45, 2.75) is 46.5 Å². The first kappa shape index (κ1) is 23.0. The first-order valence-electron chi connectivity index (χ1n) is 10.1. The van der Waals surface area contributed by atoms with Crippen LogP contribution in [0.5, 0.6) is 0 Å². The summed E-state index contributed by atoms with van der Waals surface area (Å²) in [5.74, 6) is 1.90. The minimum atomic E-state index is -1.57. The van der Waals surface area contributed by atoms with Crippen LogP contribution >= 0.6 is 15.9 Å². The average molecular weight is 496 g/mol. The van der Waals surface area contributed by atoms with Gasteiger partial charge in [0.25, 0.3) is 0 Å². The highest BCUT2D eigenvalue weighted by Gasteiger charge is 2.30. The van der Waals surface area contributed by atoms with Gasteiger partial charge in [-0.1, -0.05) is 49.8 Å². The van der Waals surface area contributed by atoms with E-state index in [1.807, 2.05) is 37.3 Å². The van der Waals surface area contributed by atoms with Gasteiger partial charge in [0.2, 0.25) is 5.91 Å². The Balaban J connectivity index is 2.15. The zero-order chi connectivity index (χ0) is 22.9. The largest absolute Gasteiger partial charge is 0.478 e. The predicted molar refractivity (Wildman–Crippen MR) is 132 cm³/mol. The molecule has 1 aliphatic rings. The standard InChI is InChI=1S/C25H26BrNO3Si/c1-16-6-7-19(12-17(16)2)15-27-22-13-18(10-11-31(3,4)5)8-9-20(22)24(26)21(25(29)30)14-23(27)28/h6-9,12-13H,14-15H2,1-5H3,(H,29,30). The first-order chi connectivity index (χ1) is 14.5. The number of hydrogen-bond donors (Lipinski definition) is 1. The Morgan fingerprint density at radius 1 is 1.13 bits per heavy atom. The molecule has 0 fully saturated rings. The van der Waals surface area contributed by atoms with E-state index in [0.29, 0.717) is 22.3 Å². The van der Waals surface area contributed by atoms with Crippen LogP contribution in [0.2, 0.25) is 19.6 Å². The number of halogens is 1. The highest BCUT2D eigenvalue weighted by Crippen LogP contribution is 2.39. The van der Waals surface area contributed by atoms with Gasteiger partial charge >= 0.3 is 5.97 Å². The number of hydrogen-bond acceptors (Lipinski definition) is 2. The lowest BCUT2D eigenvalue weighted by molar-refractivity contribution is -0.133. The molecule has 0 spiro atoms. The number of nitrogens with zero attached hydrogens (tertiary/aromatic N) is 1. The molecule has 3 rings (SSSR count). The third-order valence-electron chi connectivity index (χ3n) is 5.17. The molecule has 1 N–H and O–H groups in total. The van der Waals surface area contributed by atoms with Crippen molar-refractivity contribution in [1.29, 1.82) is 0 Å². The molecule has 1 heterocycles.